The van der Waals surface area contributed by atoms with Crippen LogP contribution in [0.25, 0.3) is 0 Å². The molecule has 6 heteroatoms. The number of hydrazone groups is 2. The highest BCUT2D eigenvalue weighted by atomic mass is 16.2. The smallest absolute Gasteiger partial charge is 0.261 e. The van der Waals surface area contributed by atoms with Crippen LogP contribution >= 0.6 is 0 Å². The first-order valence-corrected chi connectivity index (χ1v) is 12.7. The molecule has 2 amide bonds. The van der Waals surface area contributed by atoms with Crippen LogP contribution in [0.1, 0.15) is 47.6 Å². The van der Waals surface area contributed by atoms with Crippen LogP contribution in [0.3, 0.4) is 0 Å². The second-order valence-electron chi connectivity index (χ2n) is 10.6. The zero-order valence-corrected chi connectivity index (χ0v) is 22.0. The highest BCUT2D eigenvalue weighted by Gasteiger charge is 2.91. The number of nitrogens with zero attached hydrogens (tertiary/aromatic N) is 4. The van der Waals surface area contributed by atoms with Crippen molar-refractivity contribution in [1.82, 2.24) is 0 Å². The van der Waals surface area contributed by atoms with Crippen LogP contribution in [0.4, 0.5) is 11.4 Å². The maximum Gasteiger partial charge on any atom is 0.261 e. The monoisotopic (exact) mass is 490 g/mol. The van der Waals surface area contributed by atoms with Gasteiger partial charge in [-0.3, -0.25) is 9.59 Å². The molecular weight excluding hydrogens is 460 g/mol. The summed E-state index contributed by atoms with van der Waals surface area (Å²) in [6.07, 6.45) is 0. The Hall–Kier alpha value is -4.06. The Labute approximate surface area is 217 Å². The first-order chi connectivity index (χ1) is 17.6. The van der Waals surface area contributed by atoms with Crippen molar-refractivity contribution >= 4 is 34.6 Å². The molecule has 0 saturated heterocycles. The van der Waals surface area contributed by atoms with Crippen LogP contribution in [0.5, 0.6) is 0 Å². The van der Waals surface area contributed by atoms with Crippen LogP contribution in [-0.2, 0) is 9.59 Å². The van der Waals surface area contributed by atoms with E-state index in [1.165, 1.54) is 10.0 Å². The quantitative estimate of drug-likeness (QED) is 0.463. The van der Waals surface area contributed by atoms with Gasteiger partial charge in [-0.15, -0.1) is 0 Å². The van der Waals surface area contributed by atoms with E-state index in [-0.39, 0.29) is 17.7 Å². The normalized spacial score (nSPS) is 26.4. The van der Waals surface area contributed by atoms with Gasteiger partial charge in [0.15, 0.2) is 0 Å². The fourth-order valence-corrected chi connectivity index (χ4v) is 6.45. The second-order valence-corrected chi connectivity index (χ2v) is 10.6. The molecule has 186 valence electrons. The van der Waals surface area contributed by atoms with E-state index in [1.54, 1.807) is 0 Å². The Morgan fingerprint density at radius 2 is 1.03 bits per heavy atom. The standard InChI is InChI=1S/C31H30N4O2/c1-18-12-14-25(16-20(18)3)34-28(36)30(22(5)32-34)27(24-10-8-7-9-11-24)31(30)23(6)33-35(29(31)37)26-15-13-19(2)21(4)17-26/h7-17,27H,1-6H3. The lowest BCUT2D eigenvalue weighted by atomic mass is 9.85. The summed E-state index contributed by atoms with van der Waals surface area (Å²) in [7, 11) is 0. The number of hydrogen-bond acceptors (Lipinski definition) is 4. The van der Waals surface area contributed by atoms with Gasteiger partial charge in [0.25, 0.3) is 11.8 Å². The highest BCUT2D eigenvalue weighted by Crippen LogP contribution is 2.79. The van der Waals surface area contributed by atoms with Crippen molar-refractivity contribution < 1.29 is 9.59 Å². The Morgan fingerprint density at radius 3 is 1.43 bits per heavy atom. The largest absolute Gasteiger partial charge is 0.271 e. The van der Waals surface area contributed by atoms with E-state index >= 15 is 0 Å². The molecular formula is C31H30N4O2. The molecule has 2 spiro atoms. The predicted octanol–water partition coefficient (Wildman–Crippen LogP) is 5.84. The average Bonchev–Trinajstić information content (AvgIpc) is 3.37. The van der Waals surface area contributed by atoms with E-state index in [4.69, 9.17) is 10.2 Å². The molecule has 0 aromatic heterocycles. The van der Waals surface area contributed by atoms with Crippen LogP contribution in [0.2, 0.25) is 0 Å². The van der Waals surface area contributed by atoms with E-state index in [0.29, 0.717) is 22.8 Å². The molecule has 2 heterocycles. The van der Waals surface area contributed by atoms with Crippen molar-refractivity contribution in [2.75, 3.05) is 10.0 Å². The molecule has 1 saturated carbocycles. The maximum atomic E-state index is 14.5. The molecule has 2 aliphatic heterocycles. The minimum atomic E-state index is -1.12. The van der Waals surface area contributed by atoms with E-state index in [0.717, 1.165) is 27.8 Å². The molecule has 2 atom stereocenters. The van der Waals surface area contributed by atoms with E-state index in [9.17, 15) is 9.59 Å². The topological polar surface area (TPSA) is 65.3 Å². The SMILES string of the molecule is CC1=NN(c2ccc(C)c(C)c2)C(=O)C12C(c1ccccc1)C21C(=O)N(c2ccc(C)c(C)c2)N=C1C. The molecule has 1 fully saturated rings. The number of carbonyl (C=O) groups excluding carboxylic acids is 2. The minimum absolute atomic E-state index is 0.174. The fraction of sp³-hybridized carbons (Fsp3) is 0.290. The second kappa shape index (κ2) is 7.72. The Morgan fingerprint density at radius 1 is 0.595 bits per heavy atom. The molecule has 0 N–H and O–H groups in total. The number of anilines is 2. The van der Waals surface area contributed by atoms with Gasteiger partial charge in [0.1, 0.15) is 10.8 Å². The molecule has 3 aromatic rings. The predicted molar refractivity (Wildman–Crippen MR) is 147 cm³/mol. The summed E-state index contributed by atoms with van der Waals surface area (Å²) >= 11 is 0. The average molecular weight is 491 g/mol. The Bertz CT molecular complexity index is 1460. The summed E-state index contributed by atoms with van der Waals surface area (Å²) in [5, 5.41) is 12.6. The van der Waals surface area contributed by atoms with Crippen LogP contribution in [-0.4, -0.2) is 23.2 Å². The molecule has 0 bridgehead atoms. The van der Waals surface area contributed by atoms with Gasteiger partial charge < -0.3 is 0 Å². The van der Waals surface area contributed by atoms with Gasteiger partial charge in [0.2, 0.25) is 0 Å². The minimum Gasteiger partial charge on any atom is -0.271 e. The summed E-state index contributed by atoms with van der Waals surface area (Å²) in [4.78, 5) is 28.9. The van der Waals surface area contributed by atoms with Crippen LogP contribution in [0, 0.1) is 38.5 Å². The van der Waals surface area contributed by atoms with Gasteiger partial charge in [0.05, 0.1) is 22.8 Å². The van der Waals surface area contributed by atoms with Gasteiger partial charge in [-0.05, 0) is 93.6 Å². The third kappa shape index (κ3) is 2.81. The molecule has 6 rings (SSSR count). The number of aryl methyl sites for hydroxylation is 4. The maximum absolute atomic E-state index is 14.5. The fourth-order valence-electron chi connectivity index (χ4n) is 6.45. The molecule has 37 heavy (non-hydrogen) atoms. The summed E-state index contributed by atoms with van der Waals surface area (Å²) in [6.45, 7) is 11.9. The number of hydrogen-bond donors (Lipinski definition) is 0. The number of amides is 2. The van der Waals surface area contributed by atoms with Crippen molar-refractivity contribution in [3.63, 3.8) is 0 Å². The van der Waals surface area contributed by atoms with Crippen LogP contribution < -0.4 is 10.0 Å². The number of fused-ring (bicyclic) bond motifs is 1. The first-order valence-electron chi connectivity index (χ1n) is 12.7. The van der Waals surface area contributed by atoms with Crippen molar-refractivity contribution in [3.05, 3.63) is 94.5 Å². The first kappa shape index (κ1) is 23.3. The molecule has 3 aromatic carbocycles. The Kier molecular flexibility index (Phi) is 4.87. The van der Waals surface area contributed by atoms with Crippen molar-refractivity contribution in [2.45, 2.75) is 47.5 Å². The van der Waals surface area contributed by atoms with Gasteiger partial charge in [-0.1, -0.05) is 42.5 Å². The molecule has 6 nitrogen and oxygen atoms in total. The molecule has 1 aliphatic carbocycles. The zero-order chi connectivity index (χ0) is 26.3. The molecule has 3 aliphatic rings. The third-order valence-electron chi connectivity index (χ3n) is 8.71. The number of carbonyl (C=O) groups is 2. The summed E-state index contributed by atoms with van der Waals surface area (Å²) in [5.41, 5.74) is 5.88. The van der Waals surface area contributed by atoms with Gasteiger partial charge in [-0.2, -0.15) is 20.2 Å². The summed E-state index contributed by atoms with van der Waals surface area (Å²) in [5.74, 6) is -0.735. The van der Waals surface area contributed by atoms with Crippen molar-refractivity contribution in [1.29, 1.82) is 0 Å². The zero-order valence-electron chi connectivity index (χ0n) is 22.0. The third-order valence-corrected chi connectivity index (χ3v) is 8.71. The van der Waals surface area contributed by atoms with Crippen molar-refractivity contribution in [2.24, 2.45) is 21.0 Å². The number of rotatable bonds is 3. The van der Waals surface area contributed by atoms with E-state index in [1.807, 2.05) is 108 Å². The van der Waals surface area contributed by atoms with Crippen LogP contribution in [0.15, 0.2) is 76.9 Å². The van der Waals surface area contributed by atoms with E-state index in [2.05, 4.69) is 0 Å². The lowest BCUT2D eigenvalue weighted by Crippen LogP contribution is -2.40. The lowest BCUT2D eigenvalue weighted by Gasteiger charge is -2.19. The van der Waals surface area contributed by atoms with Gasteiger partial charge in [0, 0.05) is 5.92 Å². The highest BCUT2D eigenvalue weighted by molar-refractivity contribution is 6.37. The Balaban J connectivity index is 1.51. The lowest BCUT2D eigenvalue weighted by molar-refractivity contribution is -0.126. The van der Waals surface area contributed by atoms with E-state index < -0.39 is 10.8 Å². The van der Waals surface area contributed by atoms with Gasteiger partial charge in [-0.25, -0.2) is 0 Å². The molecule has 2 unspecified atom stereocenters. The van der Waals surface area contributed by atoms with Crippen molar-refractivity contribution in [3.8, 4) is 0 Å². The molecule has 0 radical (unpaired) electrons. The number of benzene rings is 3. The summed E-state index contributed by atoms with van der Waals surface area (Å²) < 4.78 is 0. The summed E-state index contributed by atoms with van der Waals surface area (Å²) in [6, 6.07) is 21.7. The van der Waals surface area contributed by atoms with Gasteiger partial charge >= 0.3 is 0 Å².